The van der Waals surface area contributed by atoms with Gasteiger partial charge in [0.05, 0.1) is 28.9 Å². The SMILES string of the molecule is CCOC(=O)c1c(N)c2cccn3c(=O)c(C(=O)c4ccccc4)c4cc(F)cc1c4c23. The summed E-state index contributed by atoms with van der Waals surface area (Å²) in [6.45, 7) is 1.76. The molecule has 0 atom stereocenters. The number of benzene rings is 3. The maximum atomic E-state index is 14.8. The Bertz CT molecular complexity index is 1610. The topological polar surface area (TPSA) is 90.9 Å². The number of rotatable bonds is 4. The van der Waals surface area contributed by atoms with E-state index >= 15 is 0 Å². The number of aromatic nitrogens is 1. The first-order valence-corrected chi connectivity index (χ1v) is 10.0. The molecule has 2 heterocycles. The van der Waals surface area contributed by atoms with Gasteiger partial charge < -0.3 is 10.5 Å². The fourth-order valence-corrected chi connectivity index (χ4v) is 4.30. The summed E-state index contributed by atoms with van der Waals surface area (Å²) in [5.74, 6) is -1.94. The monoisotopic (exact) mass is 428 g/mol. The predicted octanol–water partition coefficient (Wildman–Crippen LogP) is 4.17. The molecule has 32 heavy (non-hydrogen) atoms. The van der Waals surface area contributed by atoms with Crippen LogP contribution in [0, 0.1) is 5.82 Å². The number of nitrogens with zero attached hydrogens (tertiary/aromatic N) is 1. The number of anilines is 1. The number of hydrogen-bond acceptors (Lipinski definition) is 5. The lowest BCUT2D eigenvalue weighted by Gasteiger charge is -2.19. The van der Waals surface area contributed by atoms with Gasteiger partial charge in [-0.25, -0.2) is 9.18 Å². The van der Waals surface area contributed by atoms with Crippen molar-refractivity contribution < 1.29 is 18.7 Å². The molecule has 2 aromatic heterocycles. The summed E-state index contributed by atoms with van der Waals surface area (Å²) in [5.41, 5.74) is 6.36. The first kappa shape index (κ1) is 19.7. The minimum atomic E-state index is -0.702. The lowest BCUT2D eigenvalue weighted by molar-refractivity contribution is 0.0530. The van der Waals surface area contributed by atoms with Crippen molar-refractivity contribution in [2.45, 2.75) is 6.92 Å². The van der Waals surface area contributed by atoms with Gasteiger partial charge in [0, 0.05) is 33.3 Å². The highest BCUT2D eigenvalue weighted by atomic mass is 19.1. The second kappa shape index (κ2) is 7.16. The van der Waals surface area contributed by atoms with Gasteiger partial charge in [0.15, 0.2) is 5.78 Å². The zero-order valence-corrected chi connectivity index (χ0v) is 17.0. The van der Waals surface area contributed by atoms with Crippen molar-refractivity contribution in [1.29, 1.82) is 0 Å². The van der Waals surface area contributed by atoms with Gasteiger partial charge in [-0.1, -0.05) is 30.3 Å². The van der Waals surface area contributed by atoms with Gasteiger partial charge in [0.25, 0.3) is 5.56 Å². The molecule has 0 saturated heterocycles. The molecule has 0 fully saturated rings. The molecule has 2 N–H and O–H groups in total. The van der Waals surface area contributed by atoms with E-state index in [-0.39, 0.29) is 34.2 Å². The van der Waals surface area contributed by atoms with Crippen molar-refractivity contribution >= 4 is 44.5 Å². The van der Waals surface area contributed by atoms with Crippen LogP contribution in [0.3, 0.4) is 0 Å². The number of esters is 1. The number of hydrogen-bond donors (Lipinski definition) is 1. The first-order valence-electron chi connectivity index (χ1n) is 10.0. The zero-order chi connectivity index (χ0) is 22.6. The van der Waals surface area contributed by atoms with Crippen LogP contribution >= 0.6 is 0 Å². The van der Waals surface area contributed by atoms with Crippen molar-refractivity contribution in [3.05, 3.63) is 93.7 Å². The van der Waals surface area contributed by atoms with Gasteiger partial charge in [-0.05, 0) is 31.2 Å². The van der Waals surface area contributed by atoms with E-state index in [2.05, 4.69) is 0 Å². The van der Waals surface area contributed by atoms with Crippen LogP contribution in [-0.4, -0.2) is 22.8 Å². The summed E-state index contributed by atoms with van der Waals surface area (Å²) in [7, 11) is 0. The molecule has 0 aliphatic carbocycles. The van der Waals surface area contributed by atoms with E-state index in [0.717, 1.165) is 6.07 Å². The Morgan fingerprint density at radius 1 is 1.00 bits per heavy atom. The lowest BCUT2D eigenvalue weighted by Crippen LogP contribution is -2.24. The van der Waals surface area contributed by atoms with Gasteiger partial charge >= 0.3 is 5.97 Å². The Morgan fingerprint density at radius 3 is 2.38 bits per heavy atom. The molecule has 3 aromatic carbocycles. The number of carbonyl (C=O) groups is 2. The first-order chi connectivity index (χ1) is 15.4. The van der Waals surface area contributed by atoms with Gasteiger partial charge in [0.1, 0.15) is 5.82 Å². The van der Waals surface area contributed by atoms with Crippen LogP contribution in [0.25, 0.3) is 27.1 Å². The van der Waals surface area contributed by atoms with E-state index in [1.165, 1.54) is 16.7 Å². The van der Waals surface area contributed by atoms with Gasteiger partial charge in [-0.3, -0.25) is 14.0 Å². The summed E-state index contributed by atoms with van der Waals surface area (Å²) < 4.78 is 21.3. The smallest absolute Gasteiger partial charge is 0.340 e. The number of nitrogens with two attached hydrogens (primary N) is 1. The number of ketones is 1. The lowest BCUT2D eigenvalue weighted by atomic mass is 9.91. The number of ether oxygens (including phenoxy) is 1. The molecule has 0 bridgehead atoms. The van der Waals surface area contributed by atoms with Gasteiger partial charge in [-0.2, -0.15) is 0 Å². The maximum absolute atomic E-state index is 14.8. The van der Waals surface area contributed by atoms with E-state index < -0.39 is 23.1 Å². The fourth-order valence-electron chi connectivity index (χ4n) is 4.30. The van der Waals surface area contributed by atoms with Crippen molar-refractivity contribution in [2.75, 3.05) is 12.3 Å². The molecule has 0 spiro atoms. The van der Waals surface area contributed by atoms with Crippen LogP contribution in [-0.2, 0) is 4.74 Å². The highest BCUT2D eigenvalue weighted by molar-refractivity contribution is 6.29. The summed E-state index contributed by atoms with van der Waals surface area (Å²) in [5, 5.41) is 1.16. The number of carbonyl (C=O) groups excluding carboxylic acids is 2. The van der Waals surface area contributed by atoms with Gasteiger partial charge in [0.2, 0.25) is 0 Å². The Hall–Kier alpha value is -4.26. The average Bonchev–Trinajstić information content (AvgIpc) is 2.79. The number of halogens is 1. The van der Waals surface area contributed by atoms with Crippen molar-refractivity contribution in [1.82, 2.24) is 4.40 Å². The van der Waals surface area contributed by atoms with E-state index in [4.69, 9.17) is 10.5 Å². The minimum Gasteiger partial charge on any atom is -0.462 e. The Kier molecular flexibility index (Phi) is 4.41. The quantitative estimate of drug-likeness (QED) is 0.201. The molecular formula is C25H17FN2O4. The van der Waals surface area contributed by atoms with E-state index in [1.54, 1.807) is 49.4 Å². The van der Waals surface area contributed by atoms with Crippen LogP contribution in [0.1, 0.15) is 33.2 Å². The molecule has 6 nitrogen and oxygen atoms in total. The number of pyridine rings is 2. The summed E-state index contributed by atoms with van der Waals surface area (Å²) in [4.78, 5) is 39.6. The Morgan fingerprint density at radius 2 is 1.69 bits per heavy atom. The van der Waals surface area contributed by atoms with Crippen LogP contribution in [0.15, 0.2) is 65.6 Å². The zero-order valence-electron chi connectivity index (χ0n) is 17.0. The average molecular weight is 428 g/mol. The normalized spacial score (nSPS) is 11.4. The molecule has 0 saturated carbocycles. The molecule has 5 aromatic rings. The third-order valence-electron chi connectivity index (χ3n) is 5.61. The molecule has 0 radical (unpaired) electrons. The second-order valence-electron chi connectivity index (χ2n) is 7.40. The molecule has 0 unspecified atom stereocenters. The number of nitrogen functional groups attached to an aromatic ring is 1. The standard InChI is InChI=1S/C25H17FN2O4/c1-2-32-25(31)19-16-11-14(26)12-17-18(16)22-15(21(19)27)9-6-10-28(22)24(30)20(17)23(29)13-7-4-3-5-8-13/h3-12H,2,27H2,1H3. The molecule has 0 amide bonds. The summed E-state index contributed by atoms with van der Waals surface area (Å²) in [6, 6.07) is 13.9. The third-order valence-corrected chi connectivity index (χ3v) is 5.61. The van der Waals surface area contributed by atoms with Crippen molar-refractivity contribution in [3.63, 3.8) is 0 Å². The van der Waals surface area contributed by atoms with Crippen molar-refractivity contribution in [3.8, 4) is 0 Å². The van der Waals surface area contributed by atoms with Crippen molar-refractivity contribution in [2.24, 2.45) is 0 Å². The van der Waals surface area contributed by atoms with E-state index in [9.17, 15) is 18.8 Å². The molecular weight excluding hydrogens is 411 g/mol. The highest BCUT2D eigenvalue weighted by Gasteiger charge is 2.27. The summed E-state index contributed by atoms with van der Waals surface area (Å²) in [6.07, 6.45) is 1.53. The Labute approximate surface area is 181 Å². The molecule has 0 aliphatic rings. The summed E-state index contributed by atoms with van der Waals surface area (Å²) >= 11 is 0. The van der Waals surface area contributed by atoms with E-state index in [1.807, 2.05) is 0 Å². The predicted molar refractivity (Wildman–Crippen MR) is 120 cm³/mol. The largest absolute Gasteiger partial charge is 0.462 e. The minimum absolute atomic E-state index is 0.00806. The Balaban J connectivity index is 2.03. The second-order valence-corrected chi connectivity index (χ2v) is 7.40. The fraction of sp³-hybridized carbons (Fsp3) is 0.0800. The van der Waals surface area contributed by atoms with Crippen LogP contribution in [0.4, 0.5) is 10.1 Å². The van der Waals surface area contributed by atoms with Crippen LogP contribution in [0.2, 0.25) is 0 Å². The van der Waals surface area contributed by atoms with Crippen LogP contribution < -0.4 is 11.3 Å². The van der Waals surface area contributed by atoms with Crippen LogP contribution in [0.5, 0.6) is 0 Å². The van der Waals surface area contributed by atoms with E-state index in [0.29, 0.717) is 21.9 Å². The molecule has 0 aliphatic heterocycles. The molecule has 7 heteroatoms. The maximum Gasteiger partial charge on any atom is 0.340 e. The highest BCUT2D eigenvalue weighted by Crippen LogP contribution is 2.39. The molecule has 158 valence electrons. The molecule has 5 rings (SSSR count). The van der Waals surface area contributed by atoms with Gasteiger partial charge in [-0.15, -0.1) is 0 Å². The third kappa shape index (κ3) is 2.68.